The highest BCUT2D eigenvalue weighted by molar-refractivity contribution is 7.80. The van der Waals surface area contributed by atoms with Gasteiger partial charge in [-0.3, -0.25) is 63.6 Å². The van der Waals surface area contributed by atoms with Crippen molar-refractivity contribution < 1.29 is 62.6 Å². The van der Waals surface area contributed by atoms with Crippen molar-refractivity contribution in [2.24, 2.45) is 16.9 Å². The first-order valence-corrected chi connectivity index (χ1v) is 32.7. The summed E-state index contributed by atoms with van der Waals surface area (Å²) in [6.45, 7) is 6.10. The zero-order valence-corrected chi connectivity index (χ0v) is 55.6. The second-order valence-corrected chi connectivity index (χ2v) is 25.3. The Hall–Kier alpha value is -9.59. The Balaban J connectivity index is 1.37. The number of carbonyl (C=O) groups excluding carboxylic acids is 11. The number of piperidine rings is 1. The smallest absolute Gasteiger partial charge is 0.326 e. The molecule has 1 fully saturated rings. The molecule has 30 nitrogen and oxygen atoms in total. The summed E-state index contributed by atoms with van der Waals surface area (Å²) in [5.41, 5.74) is 11.4. The van der Waals surface area contributed by atoms with Gasteiger partial charge in [0.1, 0.15) is 48.3 Å². The molecule has 8 atom stereocenters. The van der Waals surface area contributed by atoms with E-state index in [1.54, 1.807) is 33.8 Å². The first-order chi connectivity index (χ1) is 45.1. The minimum atomic E-state index is -1.41. The number of carbonyl (C=O) groups is 12. The topological polar surface area (TPSA) is 472 Å². The number of thiol groups is 1. The quantitative estimate of drug-likeness (QED) is 0.0113. The number of amides is 11. The maximum atomic E-state index is 15.2. The van der Waals surface area contributed by atoms with Crippen LogP contribution < -0.4 is 75.3 Å². The SMILES string of the molecule is CC[C@H](NC(=O)CNC(=O)[C@@H]1CCCCN1C(=O)[C@H](Cc1csc2ccccc12)NC(=O)[C@H](Cc1ccc2ccccc2c1)NC(=O)CNC(=O)[C@H](CCCNC(=N)N)NC(=O)[C@@H](CCCNC(=N)N)NC(=O)[C@H](CS)NC(C)=O)C(=O)NCC(=O)NC(C(=O)O)C(C)(C)C. The van der Waals surface area contributed by atoms with Gasteiger partial charge in [0.05, 0.1) is 19.6 Å². The lowest BCUT2D eigenvalue weighted by Crippen LogP contribution is -2.60. The molecule has 95 heavy (non-hydrogen) atoms. The molecule has 516 valence electrons. The third-order valence-electron chi connectivity index (χ3n) is 15.5. The summed E-state index contributed by atoms with van der Waals surface area (Å²) in [5.74, 6) is -10.3. The van der Waals surface area contributed by atoms with Gasteiger partial charge in [0.25, 0.3) is 0 Å². The number of nitrogens with one attached hydrogen (secondary N) is 14. The van der Waals surface area contributed by atoms with Crippen molar-refractivity contribution in [2.75, 3.05) is 45.0 Å². The maximum Gasteiger partial charge on any atom is 0.326 e. The molecular formula is C63H89N17O13S2. The molecule has 1 unspecified atom stereocenters. The molecule has 2 heterocycles. The van der Waals surface area contributed by atoms with Crippen molar-refractivity contribution in [3.05, 3.63) is 83.2 Å². The Morgan fingerprint density at radius 1 is 0.621 bits per heavy atom. The number of carboxylic acids is 1. The van der Waals surface area contributed by atoms with Gasteiger partial charge in [-0.05, 0) is 95.5 Å². The number of hydrogen-bond donors (Lipinski definition) is 18. The molecule has 19 N–H and O–H groups in total. The van der Waals surface area contributed by atoms with Gasteiger partial charge in [-0.1, -0.05) is 88.4 Å². The van der Waals surface area contributed by atoms with Gasteiger partial charge in [-0.15, -0.1) is 11.3 Å². The number of hydrogen-bond acceptors (Lipinski definition) is 16. The molecule has 0 bridgehead atoms. The maximum absolute atomic E-state index is 15.2. The molecule has 3 aromatic carbocycles. The van der Waals surface area contributed by atoms with Crippen LogP contribution in [0.25, 0.3) is 20.9 Å². The average molecular weight is 1360 g/mol. The number of likely N-dealkylation sites (tertiary alicyclic amines) is 1. The Labute approximate surface area is 559 Å². The molecule has 1 aromatic heterocycles. The van der Waals surface area contributed by atoms with Crippen molar-refractivity contribution in [1.82, 2.24) is 68.7 Å². The van der Waals surface area contributed by atoms with E-state index in [-0.39, 0.29) is 88.7 Å². The zero-order chi connectivity index (χ0) is 69.9. The van der Waals surface area contributed by atoms with Gasteiger partial charge in [0, 0.05) is 49.9 Å². The van der Waals surface area contributed by atoms with Gasteiger partial charge >= 0.3 is 5.97 Å². The zero-order valence-electron chi connectivity index (χ0n) is 53.9. The van der Waals surface area contributed by atoms with Crippen LogP contribution >= 0.6 is 24.0 Å². The molecule has 0 aliphatic carbocycles. The molecular weight excluding hydrogens is 1270 g/mol. The summed E-state index contributed by atoms with van der Waals surface area (Å²) >= 11 is 5.59. The minimum absolute atomic E-state index is 0.0266. The van der Waals surface area contributed by atoms with Crippen molar-refractivity contribution in [3.8, 4) is 0 Å². The van der Waals surface area contributed by atoms with E-state index in [1.165, 1.54) is 23.2 Å². The summed E-state index contributed by atoms with van der Waals surface area (Å²) in [6, 6.07) is 10.4. The molecule has 0 spiro atoms. The van der Waals surface area contributed by atoms with Crippen LogP contribution in [0, 0.1) is 16.2 Å². The van der Waals surface area contributed by atoms with Crippen LogP contribution in [0.3, 0.4) is 0 Å². The van der Waals surface area contributed by atoms with E-state index in [4.69, 9.17) is 22.3 Å². The number of guanidine groups is 2. The van der Waals surface area contributed by atoms with Crippen LogP contribution in [0.15, 0.2) is 72.1 Å². The molecule has 11 amide bonds. The Morgan fingerprint density at radius 2 is 1.16 bits per heavy atom. The Morgan fingerprint density at radius 3 is 1.75 bits per heavy atom. The molecule has 5 rings (SSSR count). The lowest BCUT2D eigenvalue weighted by molar-refractivity contribution is -0.145. The summed E-state index contributed by atoms with van der Waals surface area (Å²) in [6.07, 6.45) is 1.34. The molecule has 1 aliphatic rings. The van der Waals surface area contributed by atoms with E-state index in [2.05, 4.69) is 76.4 Å². The van der Waals surface area contributed by atoms with E-state index >= 15 is 9.59 Å². The third-order valence-corrected chi connectivity index (χ3v) is 16.8. The normalized spacial score (nSPS) is 15.1. The van der Waals surface area contributed by atoms with Crippen molar-refractivity contribution >= 4 is 128 Å². The molecule has 32 heteroatoms. The number of nitrogens with zero attached hydrogens (tertiary/aromatic N) is 1. The third kappa shape index (κ3) is 24.7. The highest BCUT2D eigenvalue weighted by Gasteiger charge is 2.39. The van der Waals surface area contributed by atoms with Crippen LogP contribution in [0.1, 0.15) is 97.1 Å². The molecule has 0 radical (unpaired) electrons. The van der Waals surface area contributed by atoms with Gasteiger partial charge in [0.2, 0.25) is 65.0 Å². The van der Waals surface area contributed by atoms with Crippen LogP contribution in [0.4, 0.5) is 0 Å². The fourth-order valence-electron chi connectivity index (χ4n) is 10.5. The number of carboxylic acid groups (broad SMARTS) is 1. The number of benzene rings is 3. The Kier molecular flexibility index (Phi) is 29.9. The number of fused-ring (bicyclic) bond motifs is 2. The molecule has 1 aliphatic heterocycles. The van der Waals surface area contributed by atoms with E-state index in [0.29, 0.717) is 24.0 Å². The largest absolute Gasteiger partial charge is 0.480 e. The summed E-state index contributed by atoms with van der Waals surface area (Å²) in [4.78, 5) is 164. The lowest BCUT2D eigenvalue weighted by atomic mass is 9.87. The van der Waals surface area contributed by atoms with Crippen LogP contribution in [0.5, 0.6) is 0 Å². The lowest BCUT2D eigenvalue weighted by Gasteiger charge is -2.37. The van der Waals surface area contributed by atoms with E-state index < -0.39 is 144 Å². The molecule has 4 aromatic rings. The van der Waals surface area contributed by atoms with Crippen LogP contribution in [0.2, 0.25) is 0 Å². The second kappa shape index (κ2) is 37.3. The van der Waals surface area contributed by atoms with Gasteiger partial charge in [-0.25, -0.2) is 4.79 Å². The average Bonchev–Trinajstić information content (AvgIpc) is 1.80. The number of rotatable bonds is 35. The predicted molar refractivity (Wildman–Crippen MR) is 360 cm³/mol. The van der Waals surface area contributed by atoms with Gasteiger partial charge < -0.3 is 85.3 Å². The molecule has 1 saturated heterocycles. The second-order valence-electron chi connectivity index (χ2n) is 24.0. The fourth-order valence-corrected chi connectivity index (χ4v) is 11.7. The van der Waals surface area contributed by atoms with Crippen molar-refractivity contribution in [2.45, 2.75) is 147 Å². The van der Waals surface area contributed by atoms with Crippen LogP contribution in [-0.2, 0) is 70.4 Å². The van der Waals surface area contributed by atoms with Crippen molar-refractivity contribution in [3.63, 3.8) is 0 Å². The Bertz CT molecular complexity index is 3430. The van der Waals surface area contributed by atoms with E-state index in [9.17, 15) is 53.1 Å². The fraction of sp³-hybridized carbons (Fsp3) is 0.492. The number of aliphatic carboxylic acids is 1. The van der Waals surface area contributed by atoms with Gasteiger partial charge in [0.15, 0.2) is 11.9 Å². The van der Waals surface area contributed by atoms with E-state index in [1.807, 2.05) is 66.0 Å². The number of nitrogens with two attached hydrogens (primary N) is 2. The van der Waals surface area contributed by atoms with Crippen molar-refractivity contribution in [1.29, 1.82) is 10.8 Å². The molecule has 0 saturated carbocycles. The standard InChI is InChI=1S/C63H89N17O13S2/c1-6-41(53(85)70-32-51(84)79-52(60(92)93)63(3,4)5)74-49(82)31-72-58(90)47-20-11-12-26-80(47)59(91)45(29-39-34-95-48-21-10-9-17-40(39)48)78-56(88)44(28-36-22-23-37-15-7-8-16-38(37)27-36)75-50(83)30-71-54(86)42(18-13-24-68-61(64)65)76-55(87)43(19-14-25-69-62(66)67)77-57(89)46(33-94)73-35(2)81/h7-10,15-17,21-23,27,34,41-47,52,94H,6,11-14,18-20,24-26,28-33H2,1-5H3,(H,70,85)(H,71,86)(H,72,90)(H,73,81)(H,74,82)(H,75,83)(H,76,87)(H,77,89)(H,78,88)(H,79,84)(H,92,93)(H4,64,65,68)(H4,66,67,69)/t41-,42-,43+,44-,45-,46-,47-,52?/m0/s1. The number of thiophene rings is 1. The first-order valence-electron chi connectivity index (χ1n) is 31.2. The summed E-state index contributed by atoms with van der Waals surface area (Å²) < 4.78 is 0.899. The summed E-state index contributed by atoms with van der Waals surface area (Å²) in [7, 11) is 0. The highest BCUT2D eigenvalue weighted by atomic mass is 32.1. The predicted octanol–water partition coefficient (Wildman–Crippen LogP) is -1.02. The summed E-state index contributed by atoms with van der Waals surface area (Å²) in [5, 5.41) is 60.1. The van der Waals surface area contributed by atoms with Crippen LogP contribution in [-0.4, -0.2) is 186 Å². The highest BCUT2D eigenvalue weighted by Crippen LogP contribution is 2.28. The van der Waals surface area contributed by atoms with Gasteiger partial charge in [-0.2, -0.15) is 12.6 Å². The minimum Gasteiger partial charge on any atom is -0.480 e. The van der Waals surface area contributed by atoms with E-state index in [0.717, 1.165) is 20.9 Å². The monoisotopic (exact) mass is 1360 g/mol. The first kappa shape index (κ1) is 76.1.